The lowest BCUT2D eigenvalue weighted by molar-refractivity contribution is 0.0947. The van der Waals surface area contributed by atoms with Crippen molar-refractivity contribution in [1.29, 1.82) is 0 Å². The molecule has 0 fully saturated rings. The van der Waals surface area contributed by atoms with E-state index in [4.69, 9.17) is 9.47 Å². The summed E-state index contributed by atoms with van der Waals surface area (Å²) in [5.74, 6) is 1.19. The molecule has 6 heteroatoms. The number of methoxy groups -OCH3 is 1. The van der Waals surface area contributed by atoms with E-state index in [0.717, 1.165) is 17.1 Å². The highest BCUT2D eigenvalue weighted by molar-refractivity contribution is 5.94. The molecule has 0 aliphatic rings. The molecule has 0 aliphatic heterocycles. The van der Waals surface area contributed by atoms with Crippen LogP contribution in [0.1, 0.15) is 21.7 Å². The molecule has 140 valence electrons. The number of benzene rings is 2. The van der Waals surface area contributed by atoms with E-state index in [1.807, 2.05) is 61.0 Å². The first-order valence-electron chi connectivity index (χ1n) is 8.76. The number of nitrogens with zero attached hydrogens (tertiary/aromatic N) is 2. The summed E-state index contributed by atoms with van der Waals surface area (Å²) in [7, 11) is 1.60. The quantitative estimate of drug-likeness (QED) is 0.653. The zero-order valence-corrected chi connectivity index (χ0v) is 15.7. The third kappa shape index (κ3) is 4.47. The molecule has 6 nitrogen and oxygen atoms in total. The lowest BCUT2D eigenvalue weighted by Crippen LogP contribution is -2.28. The van der Waals surface area contributed by atoms with Gasteiger partial charge in [-0.1, -0.05) is 12.1 Å². The van der Waals surface area contributed by atoms with Gasteiger partial charge < -0.3 is 14.8 Å². The number of carbonyl (C=O) groups is 1. The van der Waals surface area contributed by atoms with E-state index in [9.17, 15) is 4.79 Å². The highest BCUT2D eigenvalue weighted by Crippen LogP contribution is 2.25. The van der Waals surface area contributed by atoms with E-state index in [-0.39, 0.29) is 5.91 Å². The fourth-order valence-electron chi connectivity index (χ4n) is 2.81. The number of nitrogens with one attached hydrogen (secondary N) is 1. The zero-order valence-electron chi connectivity index (χ0n) is 15.7. The molecule has 1 amide bonds. The van der Waals surface area contributed by atoms with Crippen LogP contribution in [0.3, 0.4) is 0 Å². The van der Waals surface area contributed by atoms with Crippen LogP contribution in [0.15, 0.2) is 54.6 Å². The lowest BCUT2D eigenvalue weighted by Gasteiger charge is -2.11. The normalized spacial score (nSPS) is 10.5. The van der Waals surface area contributed by atoms with Gasteiger partial charge in [0.2, 0.25) is 0 Å². The summed E-state index contributed by atoms with van der Waals surface area (Å²) in [6, 6.07) is 16.8. The summed E-state index contributed by atoms with van der Waals surface area (Å²) in [4.78, 5) is 12.3. The minimum atomic E-state index is -0.140. The first kappa shape index (κ1) is 18.5. The van der Waals surface area contributed by atoms with Crippen LogP contribution in [0, 0.1) is 13.8 Å². The molecule has 3 rings (SSSR count). The molecule has 0 saturated carbocycles. The summed E-state index contributed by atoms with van der Waals surface area (Å²) < 4.78 is 12.7. The minimum absolute atomic E-state index is 0.140. The van der Waals surface area contributed by atoms with Crippen molar-refractivity contribution in [2.45, 2.75) is 13.8 Å². The maximum absolute atomic E-state index is 12.3. The Kier molecular flexibility index (Phi) is 5.76. The predicted molar refractivity (Wildman–Crippen MR) is 104 cm³/mol. The molecule has 0 spiro atoms. The standard InChI is InChI=1S/C21H23N3O3/c1-15-14-16(2)24(23-15)18-10-8-17(9-11-18)21(25)22-12-13-27-20-7-5-4-6-19(20)26-3/h4-11,14H,12-13H2,1-3H3,(H,22,25). The molecular weight excluding hydrogens is 342 g/mol. The van der Waals surface area contributed by atoms with Crippen LogP contribution in [0.5, 0.6) is 11.5 Å². The SMILES string of the molecule is COc1ccccc1OCCNC(=O)c1ccc(-n2nc(C)cc2C)cc1. The number of amides is 1. The molecule has 2 aromatic carbocycles. The van der Waals surface area contributed by atoms with Gasteiger partial charge in [-0.05, 0) is 56.3 Å². The van der Waals surface area contributed by atoms with E-state index >= 15 is 0 Å². The van der Waals surface area contributed by atoms with Crippen molar-refractivity contribution in [2.24, 2.45) is 0 Å². The molecule has 1 N–H and O–H groups in total. The average Bonchev–Trinajstić information content (AvgIpc) is 3.03. The number of hydrogen-bond donors (Lipinski definition) is 1. The largest absolute Gasteiger partial charge is 0.493 e. The average molecular weight is 365 g/mol. The Morgan fingerprint density at radius 3 is 2.41 bits per heavy atom. The fraction of sp³-hybridized carbons (Fsp3) is 0.238. The van der Waals surface area contributed by atoms with Gasteiger partial charge in [0.15, 0.2) is 11.5 Å². The van der Waals surface area contributed by atoms with Crippen molar-refractivity contribution < 1.29 is 14.3 Å². The Labute approximate surface area is 158 Å². The highest BCUT2D eigenvalue weighted by atomic mass is 16.5. The van der Waals surface area contributed by atoms with Crippen LogP contribution in [0.4, 0.5) is 0 Å². The molecule has 0 aliphatic carbocycles. The predicted octanol–water partition coefficient (Wildman–Crippen LogP) is 3.31. The molecule has 0 saturated heterocycles. The topological polar surface area (TPSA) is 65.4 Å². The van der Waals surface area contributed by atoms with E-state index in [2.05, 4.69) is 10.4 Å². The van der Waals surface area contributed by atoms with Crippen molar-refractivity contribution >= 4 is 5.91 Å². The Bertz CT molecular complexity index is 917. The van der Waals surface area contributed by atoms with Crippen LogP contribution in [0.2, 0.25) is 0 Å². The van der Waals surface area contributed by atoms with E-state index in [0.29, 0.717) is 30.2 Å². The summed E-state index contributed by atoms with van der Waals surface area (Å²) in [5.41, 5.74) is 3.54. The molecule has 0 bridgehead atoms. The van der Waals surface area contributed by atoms with E-state index < -0.39 is 0 Å². The van der Waals surface area contributed by atoms with Crippen LogP contribution >= 0.6 is 0 Å². The number of rotatable bonds is 7. The third-order valence-corrected chi connectivity index (χ3v) is 4.10. The molecule has 0 radical (unpaired) electrons. The van der Waals surface area contributed by atoms with Gasteiger partial charge in [-0.15, -0.1) is 0 Å². The first-order valence-corrected chi connectivity index (χ1v) is 8.76. The number of ether oxygens (including phenoxy) is 2. The smallest absolute Gasteiger partial charge is 0.251 e. The van der Waals surface area contributed by atoms with Crippen LogP contribution < -0.4 is 14.8 Å². The summed E-state index contributed by atoms with van der Waals surface area (Å²) >= 11 is 0. The Balaban J connectivity index is 1.53. The Hall–Kier alpha value is -3.28. The van der Waals surface area contributed by atoms with Gasteiger partial charge >= 0.3 is 0 Å². The molecule has 0 unspecified atom stereocenters. The van der Waals surface area contributed by atoms with Gasteiger partial charge in [0.25, 0.3) is 5.91 Å². The summed E-state index contributed by atoms with van der Waals surface area (Å²) in [6.45, 7) is 4.72. The second kappa shape index (κ2) is 8.40. The maximum atomic E-state index is 12.3. The van der Waals surface area contributed by atoms with Crippen LogP contribution in [0.25, 0.3) is 5.69 Å². The summed E-state index contributed by atoms with van der Waals surface area (Å²) in [6.07, 6.45) is 0. The van der Waals surface area contributed by atoms with Gasteiger partial charge in [-0.25, -0.2) is 4.68 Å². The molecule has 1 aromatic heterocycles. The van der Waals surface area contributed by atoms with Crippen molar-refractivity contribution in [3.63, 3.8) is 0 Å². The van der Waals surface area contributed by atoms with E-state index in [1.54, 1.807) is 19.2 Å². The van der Waals surface area contributed by atoms with Gasteiger partial charge in [0.05, 0.1) is 25.0 Å². The Morgan fingerprint density at radius 2 is 1.78 bits per heavy atom. The molecule has 1 heterocycles. The number of carbonyl (C=O) groups excluding carboxylic acids is 1. The highest BCUT2D eigenvalue weighted by Gasteiger charge is 2.08. The zero-order chi connectivity index (χ0) is 19.2. The number of hydrogen-bond acceptors (Lipinski definition) is 4. The van der Waals surface area contributed by atoms with E-state index in [1.165, 1.54) is 0 Å². The van der Waals surface area contributed by atoms with Crippen molar-refractivity contribution in [2.75, 3.05) is 20.3 Å². The molecule has 27 heavy (non-hydrogen) atoms. The summed E-state index contributed by atoms with van der Waals surface area (Å²) in [5, 5.41) is 7.30. The van der Waals surface area contributed by atoms with Gasteiger partial charge in [-0.2, -0.15) is 5.10 Å². The van der Waals surface area contributed by atoms with Crippen molar-refractivity contribution in [3.05, 3.63) is 71.5 Å². The third-order valence-electron chi connectivity index (χ3n) is 4.10. The fourth-order valence-corrected chi connectivity index (χ4v) is 2.81. The van der Waals surface area contributed by atoms with Gasteiger partial charge in [0, 0.05) is 11.3 Å². The van der Waals surface area contributed by atoms with Gasteiger partial charge in [-0.3, -0.25) is 4.79 Å². The number of aryl methyl sites for hydroxylation is 2. The minimum Gasteiger partial charge on any atom is -0.493 e. The lowest BCUT2D eigenvalue weighted by atomic mass is 10.2. The number of para-hydroxylation sites is 2. The molecule has 0 atom stereocenters. The van der Waals surface area contributed by atoms with Crippen molar-refractivity contribution in [3.8, 4) is 17.2 Å². The maximum Gasteiger partial charge on any atom is 0.251 e. The Morgan fingerprint density at radius 1 is 1.07 bits per heavy atom. The van der Waals surface area contributed by atoms with Crippen LogP contribution in [-0.2, 0) is 0 Å². The second-order valence-corrected chi connectivity index (χ2v) is 6.14. The van der Waals surface area contributed by atoms with Crippen LogP contribution in [-0.4, -0.2) is 35.9 Å². The first-order chi connectivity index (χ1) is 13.1. The second-order valence-electron chi connectivity index (χ2n) is 6.14. The van der Waals surface area contributed by atoms with Gasteiger partial charge in [0.1, 0.15) is 6.61 Å². The monoisotopic (exact) mass is 365 g/mol. The van der Waals surface area contributed by atoms with Crippen molar-refractivity contribution in [1.82, 2.24) is 15.1 Å². The number of aromatic nitrogens is 2. The molecular formula is C21H23N3O3. The molecule has 3 aromatic rings.